The van der Waals surface area contributed by atoms with Gasteiger partial charge in [0.05, 0.1) is 12.0 Å². The van der Waals surface area contributed by atoms with Crippen molar-refractivity contribution in [3.8, 4) is 5.75 Å². The summed E-state index contributed by atoms with van der Waals surface area (Å²) >= 11 is 0. The standard InChI is InChI=1S/C14H14F2O2/c15-10-6-9-12(17)8-14(4-2-1-3-5-14)18-13(9)7-11(10)16/h6-7H,1-5,8H2. The van der Waals surface area contributed by atoms with Crippen molar-refractivity contribution in [3.05, 3.63) is 29.3 Å². The van der Waals surface area contributed by atoms with E-state index in [9.17, 15) is 13.6 Å². The predicted molar refractivity (Wildman–Crippen MR) is 61.7 cm³/mol. The van der Waals surface area contributed by atoms with Crippen LogP contribution in [0.1, 0.15) is 48.9 Å². The highest BCUT2D eigenvalue weighted by Gasteiger charge is 2.41. The summed E-state index contributed by atoms with van der Waals surface area (Å²) in [5, 5.41) is 0. The zero-order chi connectivity index (χ0) is 12.8. The Balaban J connectivity index is 2.01. The highest BCUT2D eigenvalue weighted by molar-refractivity contribution is 6.00. The van der Waals surface area contributed by atoms with Gasteiger partial charge in [-0.1, -0.05) is 6.42 Å². The van der Waals surface area contributed by atoms with Crippen molar-refractivity contribution in [1.29, 1.82) is 0 Å². The first-order chi connectivity index (χ1) is 8.60. The van der Waals surface area contributed by atoms with E-state index < -0.39 is 17.2 Å². The highest BCUT2D eigenvalue weighted by Crippen LogP contribution is 2.42. The molecule has 3 rings (SSSR count). The maximum absolute atomic E-state index is 13.2. The summed E-state index contributed by atoms with van der Waals surface area (Å²) in [6.07, 6.45) is 5.10. The van der Waals surface area contributed by atoms with Crippen molar-refractivity contribution in [2.24, 2.45) is 0 Å². The predicted octanol–water partition coefficient (Wildman–Crippen LogP) is 3.63. The van der Waals surface area contributed by atoms with Gasteiger partial charge < -0.3 is 4.74 Å². The molecule has 1 fully saturated rings. The molecule has 1 aromatic carbocycles. The molecule has 0 saturated heterocycles. The van der Waals surface area contributed by atoms with Crippen molar-refractivity contribution >= 4 is 5.78 Å². The fourth-order valence-corrected chi connectivity index (χ4v) is 2.96. The van der Waals surface area contributed by atoms with Crippen LogP contribution in [0, 0.1) is 11.6 Å². The van der Waals surface area contributed by atoms with Gasteiger partial charge in [0, 0.05) is 6.07 Å². The molecule has 0 amide bonds. The molecular formula is C14H14F2O2. The van der Waals surface area contributed by atoms with Gasteiger partial charge in [-0.15, -0.1) is 0 Å². The van der Waals surface area contributed by atoms with Crippen molar-refractivity contribution in [1.82, 2.24) is 0 Å². The van der Waals surface area contributed by atoms with E-state index in [1.165, 1.54) is 0 Å². The fourth-order valence-electron chi connectivity index (χ4n) is 2.96. The molecule has 1 saturated carbocycles. The molecule has 1 aliphatic heterocycles. The van der Waals surface area contributed by atoms with Gasteiger partial charge in [0.15, 0.2) is 17.4 Å². The van der Waals surface area contributed by atoms with Gasteiger partial charge in [0.1, 0.15) is 11.4 Å². The molecule has 1 heterocycles. The minimum atomic E-state index is -0.995. The number of hydrogen-bond donors (Lipinski definition) is 0. The Bertz CT molecular complexity index is 505. The molecule has 4 heteroatoms. The molecule has 0 bridgehead atoms. The molecule has 0 aromatic heterocycles. The first-order valence-corrected chi connectivity index (χ1v) is 6.31. The first kappa shape index (κ1) is 11.6. The summed E-state index contributed by atoms with van der Waals surface area (Å²) in [4.78, 5) is 12.1. The number of carbonyl (C=O) groups is 1. The van der Waals surface area contributed by atoms with Crippen LogP contribution in [0.3, 0.4) is 0 Å². The molecule has 18 heavy (non-hydrogen) atoms. The lowest BCUT2D eigenvalue weighted by Crippen LogP contribution is -2.43. The Labute approximate surface area is 104 Å². The zero-order valence-electron chi connectivity index (χ0n) is 9.97. The third-order valence-corrected chi connectivity index (χ3v) is 3.90. The second-order valence-corrected chi connectivity index (χ2v) is 5.21. The SMILES string of the molecule is O=C1CC2(CCCCC2)Oc2cc(F)c(F)cc21. The highest BCUT2D eigenvalue weighted by atomic mass is 19.2. The molecule has 0 radical (unpaired) electrons. The third-order valence-electron chi connectivity index (χ3n) is 3.90. The van der Waals surface area contributed by atoms with E-state index >= 15 is 0 Å². The monoisotopic (exact) mass is 252 g/mol. The number of ketones is 1. The summed E-state index contributed by atoms with van der Waals surface area (Å²) in [7, 11) is 0. The van der Waals surface area contributed by atoms with Gasteiger partial charge >= 0.3 is 0 Å². The Hall–Kier alpha value is -1.45. The van der Waals surface area contributed by atoms with Crippen LogP contribution in [0.25, 0.3) is 0 Å². The lowest BCUT2D eigenvalue weighted by molar-refractivity contribution is 0.0132. The number of ether oxygens (including phenoxy) is 1. The van der Waals surface area contributed by atoms with Gasteiger partial charge in [-0.3, -0.25) is 4.79 Å². The van der Waals surface area contributed by atoms with Crippen LogP contribution >= 0.6 is 0 Å². The Morgan fingerprint density at radius 3 is 2.44 bits per heavy atom. The summed E-state index contributed by atoms with van der Waals surface area (Å²) < 4.78 is 32.2. The van der Waals surface area contributed by atoms with E-state index in [0.29, 0.717) is 0 Å². The lowest BCUT2D eigenvalue weighted by Gasteiger charge is -2.40. The second-order valence-electron chi connectivity index (χ2n) is 5.21. The summed E-state index contributed by atoms with van der Waals surface area (Å²) in [5.41, 5.74) is -0.308. The van der Waals surface area contributed by atoms with Crippen LogP contribution in [0.5, 0.6) is 5.75 Å². The van der Waals surface area contributed by atoms with Gasteiger partial charge in [0.2, 0.25) is 0 Å². The van der Waals surface area contributed by atoms with Crippen LogP contribution in [0.4, 0.5) is 8.78 Å². The molecule has 96 valence electrons. The number of halogens is 2. The van der Waals surface area contributed by atoms with E-state index in [1.807, 2.05) is 0 Å². The topological polar surface area (TPSA) is 26.3 Å². The van der Waals surface area contributed by atoms with Gasteiger partial charge in [-0.05, 0) is 31.7 Å². The van der Waals surface area contributed by atoms with Crippen molar-refractivity contribution in [2.45, 2.75) is 44.1 Å². The van der Waals surface area contributed by atoms with Crippen LogP contribution in [0.2, 0.25) is 0 Å². The molecule has 1 aromatic rings. The quantitative estimate of drug-likeness (QED) is 0.704. The minimum absolute atomic E-state index is 0.142. The van der Waals surface area contributed by atoms with E-state index in [4.69, 9.17) is 4.74 Å². The Kier molecular flexibility index (Phi) is 2.61. The Morgan fingerprint density at radius 2 is 1.72 bits per heavy atom. The number of fused-ring (bicyclic) bond motifs is 1. The van der Waals surface area contributed by atoms with Crippen LogP contribution < -0.4 is 4.74 Å². The van der Waals surface area contributed by atoms with Crippen molar-refractivity contribution in [2.75, 3.05) is 0 Å². The fraction of sp³-hybridized carbons (Fsp3) is 0.500. The van der Waals surface area contributed by atoms with Crippen LogP contribution in [-0.2, 0) is 0 Å². The maximum Gasteiger partial charge on any atom is 0.170 e. The summed E-state index contributed by atoms with van der Waals surface area (Å²) in [5.74, 6) is -1.90. The largest absolute Gasteiger partial charge is 0.486 e. The molecule has 1 aliphatic carbocycles. The maximum atomic E-state index is 13.2. The number of benzene rings is 1. The summed E-state index contributed by atoms with van der Waals surface area (Å²) in [6.45, 7) is 0. The van der Waals surface area contributed by atoms with E-state index in [1.54, 1.807) is 0 Å². The van der Waals surface area contributed by atoms with E-state index in [0.717, 1.165) is 44.2 Å². The van der Waals surface area contributed by atoms with E-state index in [-0.39, 0.29) is 23.5 Å². The lowest BCUT2D eigenvalue weighted by atomic mass is 9.78. The molecule has 2 aliphatic rings. The average Bonchev–Trinajstić information content (AvgIpc) is 2.33. The number of carbonyl (C=O) groups excluding carboxylic acids is 1. The molecule has 2 nitrogen and oxygen atoms in total. The van der Waals surface area contributed by atoms with Gasteiger partial charge in [-0.25, -0.2) is 8.78 Å². The average molecular weight is 252 g/mol. The van der Waals surface area contributed by atoms with E-state index in [2.05, 4.69) is 0 Å². The molecular weight excluding hydrogens is 238 g/mol. The van der Waals surface area contributed by atoms with Crippen molar-refractivity contribution in [3.63, 3.8) is 0 Å². The number of rotatable bonds is 0. The smallest absolute Gasteiger partial charge is 0.170 e. The molecule has 0 N–H and O–H groups in total. The van der Waals surface area contributed by atoms with Crippen LogP contribution in [0.15, 0.2) is 12.1 Å². The number of Topliss-reactive ketones (excluding diaryl/α,β-unsaturated/α-hetero) is 1. The summed E-state index contributed by atoms with van der Waals surface area (Å²) in [6, 6.07) is 1.95. The van der Waals surface area contributed by atoms with Crippen molar-refractivity contribution < 1.29 is 18.3 Å². The third kappa shape index (κ3) is 1.80. The Morgan fingerprint density at radius 1 is 1.06 bits per heavy atom. The molecule has 0 unspecified atom stereocenters. The number of hydrogen-bond acceptors (Lipinski definition) is 2. The van der Waals surface area contributed by atoms with Gasteiger partial charge in [-0.2, -0.15) is 0 Å². The second kappa shape index (κ2) is 4.04. The molecule has 1 spiro atoms. The zero-order valence-corrected chi connectivity index (χ0v) is 9.97. The first-order valence-electron chi connectivity index (χ1n) is 6.31. The normalized spacial score (nSPS) is 21.6. The molecule has 0 atom stereocenters. The van der Waals surface area contributed by atoms with Gasteiger partial charge in [0.25, 0.3) is 0 Å². The minimum Gasteiger partial charge on any atom is -0.486 e. The van der Waals surface area contributed by atoms with Crippen LogP contribution in [-0.4, -0.2) is 11.4 Å².